The second-order valence-corrected chi connectivity index (χ2v) is 3.78. The van der Waals surface area contributed by atoms with Crippen LogP contribution in [0, 0.1) is 5.82 Å². The van der Waals surface area contributed by atoms with Crippen molar-refractivity contribution in [3.63, 3.8) is 0 Å². The first-order valence-corrected chi connectivity index (χ1v) is 5.39. The molecule has 92 valence electrons. The Morgan fingerprint density at radius 3 is 2.94 bits per heavy atom. The Morgan fingerprint density at radius 1 is 1.39 bits per heavy atom. The van der Waals surface area contributed by atoms with Gasteiger partial charge in [0, 0.05) is 18.4 Å². The van der Waals surface area contributed by atoms with Gasteiger partial charge < -0.3 is 11.1 Å². The van der Waals surface area contributed by atoms with Gasteiger partial charge in [-0.3, -0.25) is 9.78 Å². The van der Waals surface area contributed by atoms with Gasteiger partial charge in [0.25, 0.3) is 5.91 Å². The lowest BCUT2D eigenvalue weighted by atomic mass is 10.2. The van der Waals surface area contributed by atoms with Crippen molar-refractivity contribution in [2.45, 2.75) is 6.54 Å². The van der Waals surface area contributed by atoms with Gasteiger partial charge in [-0.1, -0.05) is 12.1 Å². The topological polar surface area (TPSA) is 68.0 Å². The van der Waals surface area contributed by atoms with Crippen molar-refractivity contribution in [2.75, 3.05) is 5.73 Å². The Hall–Kier alpha value is -2.43. The van der Waals surface area contributed by atoms with E-state index in [1.165, 1.54) is 12.3 Å². The van der Waals surface area contributed by atoms with Crippen LogP contribution in [0.3, 0.4) is 0 Å². The highest BCUT2D eigenvalue weighted by Gasteiger charge is 2.10. The van der Waals surface area contributed by atoms with Gasteiger partial charge in [0.2, 0.25) is 0 Å². The molecule has 0 saturated carbocycles. The molecule has 18 heavy (non-hydrogen) atoms. The number of hydrogen-bond acceptors (Lipinski definition) is 3. The number of nitrogens with one attached hydrogen (secondary N) is 1. The summed E-state index contributed by atoms with van der Waals surface area (Å²) in [6.45, 7) is 0.297. The third kappa shape index (κ3) is 2.82. The number of amides is 1. The molecule has 1 amide bonds. The van der Waals surface area contributed by atoms with Crippen LogP contribution in [0.2, 0.25) is 0 Å². The maximum absolute atomic E-state index is 13.3. The summed E-state index contributed by atoms with van der Waals surface area (Å²) >= 11 is 0. The molecule has 1 aromatic heterocycles. The monoisotopic (exact) mass is 245 g/mol. The van der Waals surface area contributed by atoms with Crippen LogP contribution in [-0.2, 0) is 6.54 Å². The van der Waals surface area contributed by atoms with Gasteiger partial charge in [0.15, 0.2) is 5.82 Å². The van der Waals surface area contributed by atoms with Crippen molar-refractivity contribution in [3.05, 3.63) is 59.7 Å². The summed E-state index contributed by atoms with van der Waals surface area (Å²) in [6.07, 6.45) is 2.38. The van der Waals surface area contributed by atoms with E-state index in [1.54, 1.807) is 18.2 Å². The van der Waals surface area contributed by atoms with E-state index in [1.807, 2.05) is 6.07 Å². The summed E-state index contributed by atoms with van der Waals surface area (Å²) in [5.74, 6) is -1.11. The molecule has 2 aromatic rings. The molecule has 0 aliphatic heterocycles. The molecule has 0 unspecified atom stereocenters. The fourth-order valence-electron chi connectivity index (χ4n) is 1.54. The molecule has 2 rings (SSSR count). The second-order valence-electron chi connectivity index (χ2n) is 3.78. The number of nitrogens with two attached hydrogens (primary N) is 1. The number of aromatic nitrogens is 1. The summed E-state index contributed by atoms with van der Waals surface area (Å²) in [5.41, 5.74) is 7.08. The molecule has 0 spiro atoms. The van der Waals surface area contributed by atoms with Crippen molar-refractivity contribution in [3.8, 4) is 0 Å². The fourth-order valence-corrected chi connectivity index (χ4v) is 1.54. The minimum Gasteiger partial charge on any atom is -0.399 e. The molecule has 3 N–H and O–H groups in total. The summed E-state index contributed by atoms with van der Waals surface area (Å²) in [6, 6.07) is 8.48. The zero-order valence-corrected chi connectivity index (χ0v) is 9.56. The van der Waals surface area contributed by atoms with Crippen LogP contribution in [-0.4, -0.2) is 10.9 Å². The number of nitrogen functional groups attached to an aromatic ring is 1. The molecule has 0 aliphatic carbocycles. The number of hydrogen-bond donors (Lipinski definition) is 2. The molecule has 0 saturated heterocycles. The van der Waals surface area contributed by atoms with E-state index < -0.39 is 11.7 Å². The van der Waals surface area contributed by atoms with E-state index in [-0.39, 0.29) is 5.56 Å². The number of rotatable bonds is 3. The van der Waals surface area contributed by atoms with E-state index in [0.717, 1.165) is 11.8 Å². The molecule has 0 fully saturated rings. The number of halogens is 1. The summed E-state index contributed by atoms with van der Waals surface area (Å²) in [4.78, 5) is 15.3. The van der Waals surface area contributed by atoms with Crippen LogP contribution in [0.1, 0.15) is 15.9 Å². The molecule has 5 heteroatoms. The second kappa shape index (κ2) is 5.27. The number of carbonyl (C=O) groups excluding carboxylic acids is 1. The Morgan fingerprint density at radius 2 is 2.22 bits per heavy atom. The minimum absolute atomic E-state index is 0.0195. The van der Waals surface area contributed by atoms with Crippen molar-refractivity contribution < 1.29 is 9.18 Å². The highest BCUT2D eigenvalue weighted by atomic mass is 19.1. The smallest absolute Gasteiger partial charge is 0.254 e. The molecule has 0 atom stereocenters. The summed E-state index contributed by atoms with van der Waals surface area (Å²) < 4.78 is 13.3. The first-order chi connectivity index (χ1) is 8.66. The lowest BCUT2D eigenvalue weighted by Crippen LogP contribution is -2.23. The van der Waals surface area contributed by atoms with E-state index in [9.17, 15) is 9.18 Å². The van der Waals surface area contributed by atoms with Gasteiger partial charge >= 0.3 is 0 Å². The van der Waals surface area contributed by atoms with Gasteiger partial charge in [-0.15, -0.1) is 0 Å². The summed E-state index contributed by atoms with van der Waals surface area (Å²) in [5, 5.41) is 2.62. The zero-order valence-electron chi connectivity index (χ0n) is 9.56. The Labute approximate surface area is 104 Å². The molecular weight excluding hydrogens is 233 g/mol. The maximum Gasteiger partial charge on any atom is 0.254 e. The van der Waals surface area contributed by atoms with Gasteiger partial charge in [-0.25, -0.2) is 4.39 Å². The van der Waals surface area contributed by atoms with E-state index >= 15 is 0 Å². The molecule has 1 heterocycles. The van der Waals surface area contributed by atoms with Gasteiger partial charge in [0.1, 0.15) is 0 Å². The van der Waals surface area contributed by atoms with E-state index in [2.05, 4.69) is 10.3 Å². The normalized spacial score (nSPS) is 10.1. The predicted octanol–water partition coefficient (Wildman–Crippen LogP) is 1.73. The third-order valence-corrected chi connectivity index (χ3v) is 2.42. The Bertz CT molecular complexity index is 572. The first kappa shape index (κ1) is 12.0. The maximum atomic E-state index is 13.3. The largest absolute Gasteiger partial charge is 0.399 e. The van der Waals surface area contributed by atoms with Crippen LogP contribution in [0.4, 0.5) is 10.1 Å². The van der Waals surface area contributed by atoms with E-state index in [4.69, 9.17) is 5.73 Å². The van der Waals surface area contributed by atoms with Crippen molar-refractivity contribution in [2.24, 2.45) is 0 Å². The molecule has 4 nitrogen and oxygen atoms in total. The molecule has 0 aliphatic rings. The highest BCUT2D eigenvalue weighted by molar-refractivity contribution is 5.94. The van der Waals surface area contributed by atoms with Crippen molar-refractivity contribution >= 4 is 11.6 Å². The van der Waals surface area contributed by atoms with Crippen LogP contribution < -0.4 is 11.1 Å². The highest BCUT2D eigenvalue weighted by Crippen LogP contribution is 2.07. The molecular formula is C13H12FN3O. The number of pyridine rings is 1. The van der Waals surface area contributed by atoms with E-state index in [0.29, 0.717) is 12.2 Å². The predicted molar refractivity (Wildman–Crippen MR) is 66.2 cm³/mol. The number of carbonyl (C=O) groups is 1. The number of benzene rings is 1. The Balaban J connectivity index is 2.03. The first-order valence-electron chi connectivity index (χ1n) is 5.39. The van der Waals surface area contributed by atoms with Crippen molar-refractivity contribution in [1.29, 1.82) is 0 Å². The van der Waals surface area contributed by atoms with Crippen LogP contribution in [0.25, 0.3) is 0 Å². The molecule has 0 radical (unpaired) electrons. The van der Waals surface area contributed by atoms with Crippen molar-refractivity contribution in [1.82, 2.24) is 10.3 Å². The van der Waals surface area contributed by atoms with Gasteiger partial charge in [-0.2, -0.15) is 0 Å². The number of nitrogens with zero attached hydrogens (tertiary/aromatic N) is 1. The minimum atomic E-state index is -0.637. The van der Waals surface area contributed by atoms with Crippen LogP contribution >= 0.6 is 0 Å². The lowest BCUT2D eigenvalue weighted by Gasteiger charge is -2.06. The fraction of sp³-hybridized carbons (Fsp3) is 0.0769. The zero-order chi connectivity index (χ0) is 13.0. The standard InChI is InChI=1S/C13H12FN3O/c14-12-8-16-5-4-11(12)13(18)17-7-9-2-1-3-10(15)6-9/h1-6,8H,7,15H2,(H,17,18). The van der Waals surface area contributed by atoms with Gasteiger partial charge in [-0.05, 0) is 23.8 Å². The Kier molecular flexibility index (Phi) is 3.52. The molecule has 1 aromatic carbocycles. The van der Waals surface area contributed by atoms with Crippen LogP contribution in [0.5, 0.6) is 0 Å². The molecule has 0 bridgehead atoms. The lowest BCUT2D eigenvalue weighted by molar-refractivity contribution is 0.0946. The average molecular weight is 245 g/mol. The third-order valence-electron chi connectivity index (χ3n) is 2.42. The number of anilines is 1. The quantitative estimate of drug-likeness (QED) is 0.809. The van der Waals surface area contributed by atoms with Crippen LogP contribution in [0.15, 0.2) is 42.7 Å². The average Bonchev–Trinajstić information content (AvgIpc) is 2.37. The SMILES string of the molecule is Nc1cccc(CNC(=O)c2ccncc2F)c1. The van der Waals surface area contributed by atoms with Gasteiger partial charge in [0.05, 0.1) is 11.8 Å². The summed E-state index contributed by atoms with van der Waals surface area (Å²) in [7, 11) is 0.